The number of likely N-dealkylation sites (tertiary alicyclic amines) is 1. The summed E-state index contributed by atoms with van der Waals surface area (Å²) in [6.07, 6.45) is 6.97. The minimum absolute atomic E-state index is 0.0220. The van der Waals surface area contributed by atoms with Gasteiger partial charge in [0.2, 0.25) is 0 Å². The monoisotopic (exact) mass is 367 g/mol. The second-order valence-corrected chi connectivity index (χ2v) is 7.16. The summed E-state index contributed by atoms with van der Waals surface area (Å²) in [6.45, 7) is 9.22. The number of carbonyl (C=O) groups is 2. The van der Waals surface area contributed by atoms with Crippen LogP contribution in [0.2, 0.25) is 0 Å². The van der Waals surface area contributed by atoms with Gasteiger partial charge in [-0.1, -0.05) is 31.4 Å². The molecule has 142 valence electrons. The molecule has 0 bridgehead atoms. The number of ether oxygens (including phenoxy) is 2. The van der Waals surface area contributed by atoms with E-state index in [1.807, 2.05) is 0 Å². The molecule has 0 N–H and O–H groups in total. The van der Waals surface area contributed by atoms with Gasteiger partial charge in [-0.25, -0.2) is 4.79 Å². The highest BCUT2D eigenvalue weighted by molar-refractivity contribution is 6.02. The third-order valence-electron chi connectivity index (χ3n) is 5.19. The first-order valence-electron chi connectivity index (χ1n) is 9.12. The molecular formula is C22H25NO4. The van der Waals surface area contributed by atoms with Crippen LogP contribution < -0.4 is 4.74 Å². The van der Waals surface area contributed by atoms with E-state index >= 15 is 0 Å². The topological polar surface area (TPSA) is 55.8 Å². The fourth-order valence-electron chi connectivity index (χ4n) is 3.48. The van der Waals surface area contributed by atoms with Crippen LogP contribution in [-0.2, 0) is 4.74 Å². The average molecular weight is 367 g/mol. The molecule has 0 unspecified atom stereocenters. The van der Waals surface area contributed by atoms with Crippen molar-refractivity contribution in [3.05, 3.63) is 66.3 Å². The van der Waals surface area contributed by atoms with E-state index in [0.717, 1.165) is 31.5 Å². The molecule has 2 aliphatic heterocycles. The van der Waals surface area contributed by atoms with E-state index in [2.05, 4.69) is 25.1 Å². The number of esters is 1. The van der Waals surface area contributed by atoms with Gasteiger partial charge >= 0.3 is 5.97 Å². The van der Waals surface area contributed by atoms with Crippen LogP contribution in [-0.4, -0.2) is 49.0 Å². The van der Waals surface area contributed by atoms with Crippen molar-refractivity contribution in [1.82, 2.24) is 4.90 Å². The molecule has 1 aromatic rings. The van der Waals surface area contributed by atoms with E-state index in [4.69, 9.17) is 9.47 Å². The Morgan fingerprint density at radius 2 is 2.07 bits per heavy atom. The molecule has 1 spiro atoms. The number of carbonyl (C=O) groups excluding carboxylic acids is 2. The Morgan fingerprint density at radius 1 is 1.33 bits per heavy atom. The summed E-state index contributed by atoms with van der Waals surface area (Å²) < 4.78 is 11.5. The molecule has 1 fully saturated rings. The first-order chi connectivity index (χ1) is 13.0. The van der Waals surface area contributed by atoms with Gasteiger partial charge in [-0.2, -0.15) is 0 Å². The van der Waals surface area contributed by atoms with Crippen molar-refractivity contribution in [2.24, 2.45) is 0 Å². The van der Waals surface area contributed by atoms with Gasteiger partial charge in [0.15, 0.2) is 5.78 Å². The summed E-state index contributed by atoms with van der Waals surface area (Å²) in [5, 5.41) is 0. The number of hydrogen-bond donors (Lipinski definition) is 0. The van der Waals surface area contributed by atoms with Gasteiger partial charge in [-0.3, -0.25) is 4.79 Å². The minimum Gasteiger partial charge on any atom is -0.486 e. The highest BCUT2D eigenvalue weighted by Gasteiger charge is 2.42. The number of piperidine rings is 1. The van der Waals surface area contributed by atoms with Gasteiger partial charge in [0.05, 0.1) is 17.5 Å². The summed E-state index contributed by atoms with van der Waals surface area (Å²) in [4.78, 5) is 27.3. The van der Waals surface area contributed by atoms with Crippen molar-refractivity contribution < 1.29 is 19.1 Å². The number of ketones is 1. The summed E-state index contributed by atoms with van der Waals surface area (Å²) in [5.74, 6) is 0.0986. The van der Waals surface area contributed by atoms with Crippen molar-refractivity contribution in [1.29, 1.82) is 0 Å². The predicted molar refractivity (Wildman–Crippen MR) is 104 cm³/mol. The third kappa shape index (κ3) is 4.19. The molecule has 27 heavy (non-hydrogen) atoms. The molecule has 0 saturated carbocycles. The molecule has 0 amide bonds. The lowest BCUT2D eigenvalue weighted by Crippen LogP contribution is -2.50. The fraction of sp³-hybridized carbons (Fsp3) is 0.364. The van der Waals surface area contributed by atoms with E-state index in [-0.39, 0.29) is 12.4 Å². The summed E-state index contributed by atoms with van der Waals surface area (Å²) in [7, 11) is 2.07. The highest BCUT2D eigenvalue weighted by atomic mass is 16.5. The van der Waals surface area contributed by atoms with Gasteiger partial charge in [0.1, 0.15) is 18.0 Å². The van der Waals surface area contributed by atoms with Crippen LogP contribution in [0.25, 0.3) is 0 Å². The van der Waals surface area contributed by atoms with Crippen molar-refractivity contribution in [2.75, 3.05) is 26.7 Å². The molecule has 2 aliphatic rings. The van der Waals surface area contributed by atoms with E-state index < -0.39 is 11.6 Å². The molecule has 1 saturated heterocycles. The molecule has 0 aliphatic carbocycles. The number of benzene rings is 1. The molecule has 0 aromatic heterocycles. The predicted octanol–water partition coefficient (Wildman–Crippen LogP) is 3.57. The van der Waals surface area contributed by atoms with Gasteiger partial charge in [0, 0.05) is 25.9 Å². The van der Waals surface area contributed by atoms with Gasteiger partial charge in [-0.05, 0) is 30.8 Å². The Kier molecular flexibility index (Phi) is 5.61. The summed E-state index contributed by atoms with van der Waals surface area (Å²) in [6, 6.07) is 4.93. The van der Waals surface area contributed by atoms with E-state index in [0.29, 0.717) is 23.3 Å². The van der Waals surface area contributed by atoms with Gasteiger partial charge in [0.25, 0.3) is 0 Å². The van der Waals surface area contributed by atoms with Gasteiger partial charge in [-0.15, -0.1) is 0 Å². The lowest BCUT2D eigenvalue weighted by Gasteiger charge is -2.43. The number of rotatable bonds is 5. The maximum absolute atomic E-state index is 12.7. The Hall–Kier alpha value is -2.66. The Bertz CT molecular complexity index is 801. The molecule has 3 rings (SSSR count). The SMILES string of the molecule is C=C/C=C(\C=C)COC(=O)c1ccc2c(c1)C(=O)CC1(CCN(C)CC1)O2. The Labute approximate surface area is 159 Å². The zero-order valence-corrected chi connectivity index (χ0v) is 15.7. The van der Waals surface area contributed by atoms with Crippen LogP contribution in [0.1, 0.15) is 40.0 Å². The average Bonchev–Trinajstić information content (AvgIpc) is 2.67. The van der Waals surface area contributed by atoms with Crippen molar-refractivity contribution in [2.45, 2.75) is 24.9 Å². The summed E-state index contributed by atoms with van der Waals surface area (Å²) in [5.41, 5.74) is 1.14. The smallest absolute Gasteiger partial charge is 0.338 e. The largest absolute Gasteiger partial charge is 0.486 e. The third-order valence-corrected chi connectivity index (χ3v) is 5.19. The van der Waals surface area contributed by atoms with Crippen molar-refractivity contribution in [3.8, 4) is 5.75 Å². The summed E-state index contributed by atoms with van der Waals surface area (Å²) >= 11 is 0. The number of nitrogens with zero attached hydrogens (tertiary/aromatic N) is 1. The fourth-order valence-corrected chi connectivity index (χ4v) is 3.48. The van der Waals surface area contributed by atoms with Crippen molar-refractivity contribution in [3.63, 3.8) is 0 Å². The van der Waals surface area contributed by atoms with Crippen LogP contribution in [0.4, 0.5) is 0 Å². The van der Waals surface area contributed by atoms with Crippen LogP contribution in [0.5, 0.6) is 5.75 Å². The quantitative estimate of drug-likeness (QED) is 0.588. The minimum atomic E-state index is -0.484. The molecule has 0 radical (unpaired) electrons. The zero-order valence-electron chi connectivity index (χ0n) is 15.7. The lowest BCUT2D eigenvalue weighted by atomic mass is 9.82. The maximum Gasteiger partial charge on any atom is 0.338 e. The molecule has 0 atom stereocenters. The normalized spacial score (nSPS) is 19.1. The van der Waals surface area contributed by atoms with Crippen LogP contribution >= 0.6 is 0 Å². The number of allylic oxidation sites excluding steroid dienone is 2. The number of Topliss-reactive ketones (excluding diaryl/α,β-unsaturated/α-hetero) is 1. The van der Waals surface area contributed by atoms with E-state index in [1.54, 1.807) is 36.4 Å². The highest BCUT2D eigenvalue weighted by Crippen LogP contribution is 2.39. The Balaban J connectivity index is 1.74. The van der Waals surface area contributed by atoms with Crippen molar-refractivity contribution >= 4 is 11.8 Å². The Morgan fingerprint density at radius 3 is 2.74 bits per heavy atom. The van der Waals surface area contributed by atoms with Gasteiger partial charge < -0.3 is 14.4 Å². The first kappa shape index (κ1) is 19.1. The van der Waals surface area contributed by atoms with Crippen LogP contribution in [0, 0.1) is 0 Å². The zero-order chi connectivity index (χ0) is 19.4. The molecule has 2 heterocycles. The lowest BCUT2D eigenvalue weighted by molar-refractivity contribution is -0.00369. The second-order valence-electron chi connectivity index (χ2n) is 7.16. The molecule has 5 nitrogen and oxygen atoms in total. The molecule has 5 heteroatoms. The van der Waals surface area contributed by atoms with E-state index in [9.17, 15) is 9.59 Å². The van der Waals surface area contributed by atoms with Crippen LogP contribution in [0.3, 0.4) is 0 Å². The van der Waals surface area contributed by atoms with E-state index in [1.165, 1.54) is 0 Å². The number of hydrogen-bond acceptors (Lipinski definition) is 5. The standard InChI is InChI=1S/C22H25NO4/c1-4-6-16(5-2)15-26-21(25)17-7-8-20-18(13-17)19(24)14-22(27-20)9-11-23(3)12-10-22/h4-8,13H,1-2,9-12,14-15H2,3H3/b16-6+. The first-order valence-corrected chi connectivity index (χ1v) is 9.12. The second kappa shape index (κ2) is 7.92. The maximum atomic E-state index is 12.7. The molecule has 1 aromatic carbocycles. The molecular weight excluding hydrogens is 342 g/mol. The van der Waals surface area contributed by atoms with Crippen LogP contribution in [0.15, 0.2) is 55.2 Å². The number of fused-ring (bicyclic) bond motifs is 1.